The number of nitrogens with two attached hydrogens (primary N) is 1. The minimum Gasteiger partial charge on any atom is -0.329 e. The molecule has 12 heavy (non-hydrogen) atoms. The van der Waals surface area contributed by atoms with Gasteiger partial charge < -0.3 is 5.73 Å². The summed E-state index contributed by atoms with van der Waals surface area (Å²) >= 11 is 0. The van der Waals surface area contributed by atoms with Crippen LogP contribution in [-0.2, 0) is 0 Å². The Bertz CT molecular complexity index is 106. The molecule has 1 atom stereocenters. The summed E-state index contributed by atoms with van der Waals surface area (Å²) in [6.07, 6.45) is 6.70. The zero-order valence-corrected chi connectivity index (χ0v) is 8.26. The highest BCUT2D eigenvalue weighted by molar-refractivity contribution is 4.75. The summed E-state index contributed by atoms with van der Waals surface area (Å²) in [6, 6.07) is 0.662. The smallest absolute Gasteiger partial charge is 0.0218 e. The monoisotopic (exact) mass is 170 g/mol. The van der Waals surface area contributed by atoms with Crippen molar-refractivity contribution in [2.75, 3.05) is 19.6 Å². The van der Waals surface area contributed by atoms with E-state index in [2.05, 4.69) is 11.8 Å². The highest BCUT2D eigenvalue weighted by atomic mass is 15.2. The first-order chi connectivity index (χ1) is 5.88. The van der Waals surface area contributed by atoms with Crippen LogP contribution in [0, 0.1) is 0 Å². The van der Waals surface area contributed by atoms with E-state index in [4.69, 9.17) is 5.73 Å². The third kappa shape index (κ3) is 2.76. The zero-order valence-electron chi connectivity index (χ0n) is 8.26. The van der Waals surface area contributed by atoms with Crippen molar-refractivity contribution < 1.29 is 0 Å². The Kier molecular flexibility index (Phi) is 4.62. The lowest BCUT2D eigenvalue weighted by atomic mass is 10.1. The number of hydrogen-bond donors (Lipinski definition) is 1. The minimum absolute atomic E-state index is 0.662. The van der Waals surface area contributed by atoms with Gasteiger partial charge in [0.05, 0.1) is 0 Å². The van der Waals surface area contributed by atoms with Gasteiger partial charge in [0.25, 0.3) is 0 Å². The fourth-order valence-electron chi connectivity index (χ4n) is 2.07. The second kappa shape index (κ2) is 5.55. The van der Waals surface area contributed by atoms with Crippen molar-refractivity contribution in [3.8, 4) is 0 Å². The first kappa shape index (κ1) is 10.0. The molecule has 2 N–H and O–H groups in total. The third-order valence-corrected chi connectivity index (χ3v) is 2.80. The van der Waals surface area contributed by atoms with E-state index in [1.807, 2.05) is 0 Å². The van der Waals surface area contributed by atoms with E-state index in [-0.39, 0.29) is 0 Å². The Morgan fingerprint density at radius 1 is 1.25 bits per heavy atom. The third-order valence-electron chi connectivity index (χ3n) is 2.80. The van der Waals surface area contributed by atoms with E-state index in [1.54, 1.807) is 0 Å². The maximum atomic E-state index is 5.75. The predicted octanol–water partition coefficient (Wildman–Crippen LogP) is 1.60. The van der Waals surface area contributed by atoms with Crippen molar-refractivity contribution in [1.29, 1.82) is 0 Å². The Labute approximate surface area is 76.1 Å². The molecule has 1 saturated heterocycles. The molecule has 0 saturated carbocycles. The second-order valence-corrected chi connectivity index (χ2v) is 3.77. The molecule has 2 heteroatoms. The number of piperidine rings is 1. The van der Waals surface area contributed by atoms with Crippen molar-refractivity contribution in [1.82, 2.24) is 4.90 Å². The summed E-state index contributed by atoms with van der Waals surface area (Å²) < 4.78 is 0. The zero-order chi connectivity index (χ0) is 8.81. The molecule has 0 amide bonds. The summed E-state index contributed by atoms with van der Waals surface area (Å²) in [7, 11) is 0. The lowest BCUT2D eigenvalue weighted by Gasteiger charge is -2.33. The molecule has 1 rings (SSSR count). The molecule has 1 heterocycles. The van der Waals surface area contributed by atoms with Gasteiger partial charge in [-0.2, -0.15) is 0 Å². The molecule has 72 valence electrons. The molecule has 0 bridgehead atoms. The van der Waals surface area contributed by atoms with Crippen LogP contribution < -0.4 is 5.73 Å². The molecule has 1 fully saturated rings. The van der Waals surface area contributed by atoms with Crippen LogP contribution in [-0.4, -0.2) is 30.6 Å². The molecule has 0 aromatic heterocycles. The minimum atomic E-state index is 0.662. The normalized spacial score (nSPS) is 22.5. The van der Waals surface area contributed by atoms with Crippen LogP contribution in [0.5, 0.6) is 0 Å². The summed E-state index contributed by atoms with van der Waals surface area (Å²) in [5.41, 5.74) is 5.75. The van der Waals surface area contributed by atoms with Crippen molar-refractivity contribution in [3.63, 3.8) is 0 Å². The highest BCUT2D eigenvalue weighted by Crippen LogP contribution is 2.14. The topological polar surface area (TPSA) is 29.3 Å². The molecule has 0 radical (unpaired) electrons. The number of likely N-dealkylation sites (tertiary alicyclic amines) is 1. The molecule has 0 spiro atoms. The Balaban J connectivity index is 2.29. The predicted molar refractivity (Wildman–Crippen MR) is 53.2 cm³/mol. The summed E-state index contributed by atoms with van der Waals surface area (Å²) in [6.45, 7) is 5.64. The largest absolute Gasteiger partial charge is 0.329 e. The van der Waals surface area contributed by atoms with Crippen molar-refractivity contribution in [2.24, 2.45) is 5.73 Å². The summed E-state index contributed by atoms with van der Waals surface area (Å²) in [4.78, 5) is 2.58. The lowest BCUT2D eigenvalue weighted by molar-refractivity contribution is 0.158. The molecule has 2 nitrogen and oxygen atoms in total. The fourth-order valence-corrected chi connectivity index (χ4v) is 2.07. The lowest BCUT2D eigenvalue weighted by Crippen LogP contribution is -2.43. The van der Waals surface area contributed by atoms with Crippen molar-refractivity contribution in [2.45, 2.75) is 45.1 Å². The van der Waals surface area contributed by atoms with E-state index in [0.29, 0.717) is 6.04 Å². The molecule has 1 unspecified atom stereocenters. The van der Waals surface area contributed by atoms with Gasteiger partial charge in [-0.3, -0.25) is 4.90 Å². The average molecular weight is 170 g/mol. The number of nitrogens with zero attached hydrogens (tertiary/aromatic N) is 1. The van der Waals surface area contributed by atoms with Crippen LogP contribution in [0.3, 0.4) is 0 Å². The molecule has 0 aromatic carbocycles. The molecule has 1 aliphatic rings. The van der Waals surface area contributed by atoms with Crippen LogP contribution in [0.4, 0.5) is 0 Å². The molecule has 0 aliphatic carbocycles. The van der Waals surface area contributed by atoms with Gasteiger partial charge in [-0.15, -0.1) is 0 Å². The van der Waals surface area contributed by atoms with Crippen LogP contribution in [0.1, 0.15) is 39.0 Å². The Morgan fingerprint density at radius 2 is 1.92 bits per heavy atom. The summed E-state index contributed by atoms with van der Waals surface area (Å²) in [5.74, 6) is 0. The van der Waals surface area contributed by atoms with Gasteiger partial charge >= 0.3 is 0 Å². The average Bonchev–Trinajstić information content (AvgIpc) is 2.15. The van der Waals surface area contributed by atoms with Crippen LogP contribution in [0.25, 0.3) is 0 Å². The van der Waals surface area contributed by atoms with Gasteiger partial charge in [-0.05, 0) is 32.4 Å². The SMILES string of the molecule is CCCC(CN)N1CCCCC1. The van der Waals surface area contributed by atoms with Crippen LogP contribution in [0.2, 0.25) is 0 Å². The van der Waals surface area contributed by atoms with Crippen molar-refractivity contribution in [3.05, 3.63) is 0 Å². The first-order valence-electron chi connectivity index (χ1n) is 5.32. The van der Waals surface area contributed by atoms with E-state index in [0.717, 1.165) is 6.54 Å². The van der Waals surface area contributed by atoms with Gasteiger partial charge in [0.15, 0.2) is 0 Å². The Morgan fingerprint density at radius 3 is 2.42 bits per heavy atom. The first-order valence-corrected chi connectivity index (χ1v) is 5.32. The molecular weight excluding hydrogens is 148 g/mol. The molecule has 0 aromatic rings. The van der Waals surface area contributed by atoms with Crippen molar-refractivity contribution >= 4 is 0 Å². The fraction of sp³-hybridized carbons (Fsp3) is 1.00. The quantitative estimate of drug-likeness (QED) is 0.694. The van der Waals surface area contributed by atoms with Crippen LogP contribution in [0.15, 0.2) is 0 Å². The summed E-state index contributed by atoms with van der Waals surface area (Å²) in [5, 5.41) is 0. The standard InChI is InChI=1S/C10H22N2/c1-2-6-10(9-11)12-7-4-3-5-8-12/h10H,2-9,11H2,1H3. The van der Waals surface area contributed by atoms with Gasteiger partial charge in [0.1, 0.15) is 0 Å². The maximum absolute atomic E-state index is 5.75. The molecular formula is C10H22N2. The van der Waals surface area contributed by atoms with Crippen LogP contribution >= 0.6 is 0 Å². The van der Waals surface area contributed by atoms with Gasteiger partial charge in [-0.25, -0.2) is 0 Å². The number of hydrogen-bond acceptors (Lipinski definition) is 2. The van der Waals surface area contributed by atoms with Gasteiger partial charge in [-0.1, -0.05) is 19.8 Å². The Hall–Kier alpha value is -0.0800. The van der Waals surface area contributed by atoms with E-state index in [9.17, 15) is 0 Å². The maximum Gasteiger partial charge on any atom is 0.0218 e. The van der Waals surface area contributed by atoms with E-state index < -0.39 is 0 Å². The molecule has 1 aliphatic heterocycles. The van der Waals surface area contributed by atoms with E-state index in [1.165, 1.54) is 45.2 Å². The highest BCUT2D eigenvalue weighted by Gasteiger charge is 2.17. The van der Waals surface area contributed by atoms with Gasteiger partial charge in [0, 0.05) is 12.6 Å². The second-order valence-electron chi connectivity index (χ2n) is 3.77. The van der Waals surface area contributed by atoms with E-state index >= 15 is 0 Å². The van der Waals surface area contributed by atoms with Gasteiger partial charge in [0.2, 0.25) is 0 Å². The number of rotatable bonds is 4.